The zero-order valence-corrected chi connectivity index (χ0v) is 11.6. The smallest absolute Gasteiger partial charge is 0.272 e. The van der Waals surface area contributed by atoms with Crippen molar-refractivity contribution in [2.75, 3.05) is 19.6 Å². The van der Waals surface area contributed by atoms with Crippen molar-refractivity contribution in [3.63, 3.8) is 0 Å². The van der Waals surface area contributed by atoms with Crippen molar-refractivity contribution in [1.29, 1.82) is 0 Å². The van der Waals surface area contributed by atoms with E-state index in [2.05, 4.69) is 11.8 Å². The molecule has 1 aliphatic rings. The van der Waals surface area contributed by atoms with Crippen molar-refractivity contribution in [2.45, 2.75) is 19.9 Å². The molecule has 0 bridgehead atoms. The highest BCUT2D eigenvalue weighted by Crippen LogP contribution is 2.24. The predicted molar refractivity (Wildman–Crippen MR) is 74.7 cm³/mol. The lowest BCUT2D eigenvalue weighted by atomic mass is 9.87. The van der Waals surface area contributed by atoms with Crippen LogP contribution in [0, 0.1) is 27.8 Å². The van der Waals surface area contributed by atoms with Gasteiger partial charge >= 0.3 is 0 Å². The Bertz CT molecular complexity index is 495. The maximum absolute atomic E-state index is 13.4. The quantitative estimate of drug-likeness (QED) is 0.678. The number of hydrogen-bond donors (Lipinski definition) is 1. The van der Waals surface area contributed by atoms with Crippen LogP contribution in [-0.4, -0.2) is 29.5 Å². The van der Waals surface area contributed by atoms with Gasteiger partial charge in [0, 0.05) is 19.2 Å². The van der Waals surface area contributed by atoms with E-state index >= 15 is 0 Å². The van der Waals surface area contributed by atoms with Crippen LogP contribution >= 0.6 is 0 Å². The largest absolute Gasteiger partial charge is 0.330 e. The number of nitro groups is 1. The Labute approximate surface area is 117 Å². The molecular formula is C14H20FN3O2. The molecule has 0 amide bonds. The molecule has 1 aromatic carbocycles. The molecule has 2 N–H and O–H groups in total. The molecule has 0 aliphatic carbocycles. The Morgan fingerprint density at radius 1 is 1.50 bits per heavy atom. The molecule has 0 aromatic heterocycles. The second-order valence-electron chi connectivity index (χ2n) is 5.57. The van der Waals surface area contributed by atoms with Crippen LogP contribution in [0.3, 0.4) is 0 Å². The third-order valence-corrected chi connectivity index (χ3v) is 4.06. The number of likely N-dealkylation sites (tertiary alicyclic amines) is 1. The van der Waals surface area contributed by atoms with Gasteiger partial charge in [0.15, 0.2) is 0 Å². The van der Waals surface area contributed by atoms with Gasteiger partial charge in [-0.15, -0.1) is 0 Å². The van der Waals surface area contributed by atoms with Crippen molar-refractivity contribution < 1.29 is 9.31 Å². The van der Waals surface area contributed by atoms with E-state index in [1.807, 2.05) is 0 Å². The number of rotatable bonds is 4. The molecule has 0 saturated carbocycles. The number of benzene rings is 1. The summed E-state index contributed by atoms with van der Waals surface area (Å²) in [4.78, 5) is 12.4. The number of nitro benzene ring substituents is 1. The highest BCUT2D eigenvalue weighted by atomic mass is 19.1. The molecule has 2 rings (SSSR count). The van der Waals surface area contributed by atoms with Crippen molar-refractivity contribution >= 4 is 5.69 Å². The molecular weight excluding hydrogens is 261 g/mol. The predicted octanol–water partition coefficient (Wildman–Crippen LogP) is 2.15. The summed E-state index contributed by atoms with van der Waals surface area (Å²) in [6.07, 6.45) is 1.05. The molecule has 2 unspecified atom stereocenters. The average Bonchev–Trinajstić information content (AvgIpc) is 2.40. The highest BCUT2D eigenvalue weighted by Gasteiger charge is 2.25. The normalized spacial score (nSPS) is 23.8. The van der Waals surface area contributed by atoms with Gasteiger partial charge in [0.1, 0.15) is 5.82 Å². The average molecular weight is 281 g/mol. The van der Waals surface area contributed by atoms with Crippen molar-refractivity contribution in [2.24, 2.45) is 17.6 Å². The van der Waals surface area contributed by atoms with Gasteiger partial charge in [-0.1, -0.05) is 6.92 Å². The van der Waals surface area contributed by atoms with Gasteiger partial charge in [0.2, 0.25) is 0 Å². The SMILES string of the molecule is CC1CCN(Cc2cc(F)cc([N+](=O)[O-])c2)CC1CN. The molecule has 5 nitrogen and oxygen atoms in total. The standard InChI is InChI=1S/C14H20FN3O2/c1-10-2-3-17(9-12(10)7-16)8-11-4-13(15)6-14(5-11)18(19)20/h4-6,10,12H,2-3,7-9,16H2,1H3. The zero-order valence-electron chi connectivity index (χ0n) is 11.6. The first-order chi connectivity index (χ1) is 9.49. The summed E-state index contributed by atoms with van der Waals surface area (Å²) in [5.74, 6) is 0.473. The number of non-ortho nitro benzene ring substituents is 1. The Hall–Kier alpha value is -1.53. The number of nitrogens with two attached hydrogens (primary N) is 1. The third kappa shape index (κ3) is 3.52. The van der Waals surface area contributed by atoms with E-state index in [1.54, 1.807) is 0 Å². The minimum atomic E-state index is -0.562. The maximum Gasteiger partial charge on any atom is 0.272 e. The fraction of sp³-hybridized carbons (Fsp3) is 0.571. The molecule has 110 valence electrons. The molecule has 1 saturated heterocycles. The lowest BCUT2D eigenvalue weighted by Crippen LogP contribution is -2.42. The second-order valence-corrected chi connectivity index (χ2v) is 5.57. The lowest BCUT2D eigenvalue weighted by molar-refractivity contribution is -0.385. The Kier molecular flexibility index (Phi) is 4.67. The fourth-order valence-electron chi connectivity index (χ4n) is 2.76. The van der Waals surface area contributed by atoms with Gasteiger partial charge in [-0.2, -0.15) is 0 Å². The van der Waals surface area contributed by atoms with Crippen LogP contribution in [0.1, 0.15) is 18.9 Å². The fourth-order valence-corrected chi connectivity index (χ4v) is 2.76. The van der Waals surface area contributed by atoms with Gasteiger partial charge in [0.25, 0.3) is 5.69 Å². The molecule has 0 spiro atoms. The van der Waals surface area contributed by atoms with E-state index < -0.39 is 10.7 Å². The molecule has 2 atom stereocenters. The molecule has 6 heteroatoms. The van der Waals surface area contributed by atoms with Crippen LogP contribution < -0.4 is 5.73 Å². The first kappa shape index (κ1) is 14.9. The summed E-state index contributed by atoms with van der Waals surface area (Å²) in [6, 6.07) is 3.76. The number of halogens is 1. The number of nitrogens with zero attached hydrogens (tertiary/aromatic N) is 2. The molecule has 1 heterocycles. The van der Waals surface area contributed by atoms with Crippen molar-refractivity contribution in [1.82, 2.24) is 4.90 Å². The maximum atomic E-state index is 13.4. The van der Waals surface area contributed by atoms with E-state index in [4.69, 9.17) is 5.73 Å². The van der Waals surface area contributed by atoms with Crippen LogP contribution in [0.4, 0.5) is 10.1 Å². The number of piperidine rings is 1. The molecule has 1 aliphatic heterocycles. The van der Waals surface area contributed by atoms with Crippen LogP contribution in [0.2, 0.25) is 0 Å². The molecule has 1 fully saturated rings. The van der Waals surface area contributed by atoms with Crippen LogP contribution in [0.25, 0.3) is 0 Å². The summed E-state index contributed by atoms with van der Waals surface area (Å²) in [5.41, 5.74) is 6.21. The van der Waals surface area contributed by atoms with Gasteiger partial charge in [-0.25, -0.2) is 4.39 Å². The molecule has 20 heavy (non-hydrogen) atoms. The first-order valence-electron chi connectivity index (χ1n) is 6.86. The molecule has 0 radical (unpaired) electrons. The minimum Gasteiger partial charge on any atom is -0.330 e. The van der Waals surface area contributed by atoms with Crippen LogP contribution in [-0.2, 0) is 6.54 Å². The van der Waals surface area contributed by atoms with Crippen molar-refractivity contribution in [3.05, 3.63) is 39.7 Å². The van der Waals surface area contributed by atoms with E-state index in [9.17, 15) is 14.5 Å². The Morgan fingerprint density at radius 2 is 2.25 bits per heavy atom. The molecule has 1 aromatic rings. The Morgan fingerprint density at radius 3 is 2.90 bits per heavy atom. The first-order valence-corrected chi connectivity index (χ1v) is 6.86. The van der Waals surface area contributed by atoms with E-state index in [-0.39, 0.29) is 5.69 Å². The van der Waals surface area contributed by atoms with Gasteiger partial charge in [-0.3, -0.25) is 15.0 Å². The van der Waals surface area contributed by atoms with Gasteiger partial charge < -0.3 is 5.73 Å². The van der Waals surface area contributed by atoms with Crippen molar-refractivity contribution in [3.8, 4) is 0 Å². The lowest BCUT2D eigenvalue weighted by Gasteiger charge is -2.36. The zero-order chi connectivity index (χ0) is 14.7. The van der Waals surface area contributed by atoms with Gasteiger partial charge in [-0.05, 0) is 43.0 Å². The summed E-state index contributed by atoms with van der Waals surface area (Å²) < 4.78 is 13.4. The minimum absolute atomic E-state index is 0.194. The topological polar surface area (TPSA) is 72.4 Å². The monoisotopic (exact) mass is 281 g/mol. The van der Waals surface area contributed by atoms with Crippen LogP contribution in [0.5, 0.6) is 0 Å². The third-order valence-electron chi connectivity index (χ3n) is 4.06. The summed E-state index contributed by atoms with van der Waals surface area (Å²) >= 11 is 0. The van der Waals surface area contributed by atoms with E-state index in [1.165, 1.54) is 12.1 Å². The summed E-state index contributed by atoms with van der Waals surface area (Å²) in [7, 11) is 0. The van der Waals surface area contributed by atoms with Gasteiger partial charge in [0.05, 0.1) is 11.0 Å². The number of hydrogen-bond acceptors (Lipinski definition) is 4. The summed E-state index contributed by atoms with van der Waals surface area (Å²) in [5, 5.41) is 10.7. The highest BCUT2D eigenvalue weighted by molar-refractivity contribution is 5.35. The second kappa shape index (κ2) is 6.28. The Balaban J connectivity index is 2.08. The van der Waals surface area contributed by atoms with Crippen LogP contribution in [0.15, 0.2) is 18.2 Å². The summed E-state index contributed by atoms with van der Waals surface area (Å²) in [6.45, 7) is 5.15. The van der Waals surface area contributed by atoms with E-state index in [0.717, 1.165) is 25.6 Å². The van der Waals surface area contributed by atoms with E-state index in [0.29, 0.717) is 30.5 Å².